The summed E-state index contributed by atoms with van der Waals surface area (Å²) in [4.78, 5) is 8.27. The number of nitrogens with two attached hydrogens (primary N) is 1. The molecule has 2 aromatic rings. The van der Waals surface area contributed by atoms with Crippen LogP contribution in [-0.4, -0.2) is 15.1 Å². The van der Waals surface area contributed by atoms with Gasteiger partial charge in [-0.15, -0.1) is 11.3 Å². The predicted molar refractivity (Wildman–Crippen MR) is 51.8 cm³/mol. The first-order valence-corrected chi connectivity index (χ1v) is 4.86. The summed E-state index contributed by atoms with van der Waals surface area (Å²) in [6.07, 6.45) is 0.573. The van der Waals surface area contributed by atoms with Crippen molar-refractivity contribution in [3.8, 4) is 0 Å². The second-order valence-corrected chi connectivity index (χ2v) is 3.66. The molecule has 0 amide bonds. The first-order valence-electron chi connectivity index (χ1n) is 3.98. The Kier molecular flexibility index (Phi) is 2.42. The minimum atomic E-state index is 0.216. The lowest BCUT2D eigenvalue weighted by Crippen LogP contribution is -2.06. The average Bonchev–Trinajstić information content (AvgIpc) is 2.76. The van der Waals surface area contributed by atoms with Crippen LogP contribution in [0.15, 0.2) is 9.90 Å². The van der Waals surface area contributed by atoms with Gasteiger partial charge in [-0.3, -0.25) is 5.43 Å². The van der Waals surface area contributed by atoms with Gasteiger partial charge in [-0.2, -0.15) is 4.98 Å². The number of nitrogen functional groups attached to an aromatic ring is 1. The lowest BCUT2D eigenvalue weighted by molar-refractivity contribution is 0.424. The normalized spacial score (nSPS) is 10.4. The molecule has 2 aromatic heterocycles. The number of thiazole rings is 1. The SMILES string of the molecule is Cc1csc(Cc2noc(NN)n2)n1. The summed E-state index contributed by atoms with van der Waals surface area (Å²) >= 11 is 1.58. The molecule has 0 aliphatic carbocycles. The Balaban J connectivity index is 2.10. The molecule has 0 fully saturated rings. The number of rotatable bonds is 3. The van der Waals surface area contributed by atoms with Gasteiger partial charge in [0.25, 0.3) is 0 Å². The van der Waals surface area contributed by atoms with Crippen molar-refractivity contribution in [3.05, 3.63) is 21.9 Å². The molecule has 6 nitrogen and oxygen atoms in total. The third kappa shape index (κ3) is 1.88. The Morgan fingerprint density at radius 2 is 2.43 bits per heavy atom. The van der Waals surface area contributed by atoms with Crippen molar-refractivity contribution in [1.82, 2.24) is 15.1 Å². The Morgan fingerprint density at radius 3 is 3.00 bits per heavy atom. The van der Waals surface area contributed by atoms with Crippen LogP contribution in [0.3, 0.4) is 0 Å². The van der Waals surface area contributed by atoms with Gasteiger partial charge >= 0.3 is 6.01 Å². The molecule has 0 radical (unpaired) electrons. The number of aryl methyl sites for hydroxylation is 1. The summed E-state index contributed by atoms with van der Waals surface area (Å²) in [6.45, 7) is 1.95. The van der Waals surface area contributed by atoms with E-state index in [1.807, 2.05) is 12.3 Å². The summed E-state index contributed by atoms with van der Waals surface area (Å²) in [5.41, 5.74) is 3.29. The molecule has 14 heavy (non-hydrogen) atoms. The van der Waals surface area contributed by atoms with E-state index in [-0.39, 0.29) is 6.01 Å². The third-order valence-corrected chi connectivity index (χ3v) is 2.53. The number of anilines is 1. The van der Waals surface area contributed by atoms with Gasteiger partial charge in [0, 0.05) is 11.1 Å². The topological polar surface area (TPSA) is 89.9 Å². The quantitative estimate of drug-likeness (QED) is 0.574. The molecule has 0 unspecified atom stereocenters. The first kappa shape index (κ1) is 9.10. The van der Waals surface area contributed by atoms with Crippen LogP contribution >= 0.6 is 11.3 Å². The third-order valence-electron chi connectivity index (χ3n) is 1.57. The highest BCUT2D eigenvalue weighted by atomic mass is 32.1. The maximum atomic E-state index is 5.10. The van der Waals surface area contributed by atoms with Crippen molar-refractivity contribution in [3.63, 3.8) is 0 Å². The van der Waals surface area contributed by atoms with Crippen LogP contribution in [0.4, 0.5) is 6.01 Å². The minimum absolute atomic E-state index is 0.216. The van der Waals surface area contributed by atoms with E-state index in [9.17, 15) is 0 Å². The van der Waals surface area contributed by atoms with E-state index in [2.05, 4.69) is 20.6 Å². The van der Waals surface area contributed by atoms with Gasteiger partial charge in [0.1, 0.15) is 5.01 Å². The monoisotopic (exact) mass is 211 g/mol. The van der Waals surface area contributed by atoms with Crippen LogP contribution in [0.25, 0.3) is 0 Å². The van der Waals surface area contributed by atoms with Gasteiger partial charge < -0.3 is 4.52 Å². The van der Waals surface area contributed by atoms with E-state index in [1.165, 1.54) is 0 Å². The second kappa shape index (κ2) is 3.72. The van der Waals surface area contributed by atoms with Gasteiger partial charge in [0.15, 0.2) is 5.82 Å². The van der Waals surface area contributed by atoms with Gasteiger partial charge in [-0.25, -0.2) is 10.8 Å². The zero-order valence-electron chi connectivity index (χ0n) is 7.52. The molecule has 0 aliphatic heterocycles. The van der Waals surface area contributed by atoms with Crippen molar-refractivity contribution in [2.45, 2.75) is 13.3 Å². The smallest absolute Gasteiger partial charge is 0.314 e. The van der Waals surface area contributed by atoms with Gasteiger partial charge in [0.2, 0.25) is 0 Å². The zero-order chi connectivity index (χ0) is 9.97. The van der Waals surface area contributed by atoms with Crippen LogP contribution < -0.4 is 11.3 Å². The molecule has 3 N–H and O–H groups in total. The van der Waals surface area contributed by atoms with Crippen LogP contribution in [0, 0.1) is 6.92 Å². The molecule has 0 aliphatic rings. The summed E-state index contributed by atoms with van der Waals surface area (Å²) in [7, 11) is 0. The van der Waals surface area contributed by atoms with E-state index in [0.717, 1.165) is 10.7 Å². The van der Waals surface area contributed by atoms with Crippen molar-refractivity contribution >= 4 is 17.4 Å². The maximum absolute atomic E-state index is 5.10. The van der Waals surface area contributed by atoms with Crippen LogP contribution in [-0.2, 0) is 6.42 Å². The Labute approximate surface area is 84.1 Å². The fourth-order valence-corrected chi connectivity index (χ4v) is 1.77. The van der Waals surface area contributed by atoms with Gasteiger partial charge in [-0.05, 0) is 6.92 Å². The summed E-state index contributed by atoms with van der Waals surface area (Å²) in [5, 5.41) is 6.68. The highest BCUT2D eigenvalue weighted by Crippen LogP contribution is 2.13. The number of nitrogens with zero attached hydrogens (tertiary/aromatic N) is 3. The predicted octanol–water partition coefficient (Wildman–Crippen LogP) is 0.711. The zero-order valence-corrected chi connectivity index (χ0v) is 8.34. The van der Waals surface area contributed by atoms with Crippen molar-refractivity contribution in [2.24, 2.45) is 5.84 Å². The maximum Gasteiger partial charge on any atom is 0.335 e. The Hall–Kier alpha value is -1.47. The molecule has 0 bridgehead atoms. The number of hydrazine groups is 1. The summed E-state index contributed by atoms with van der Waals surface area (Å²) < 4.78 is 4.77. The van der Waals surface area contributed by atoms with Gasteiger partial charge in [0.05, 0.1) is 6.42 Å². The molecule has 2 heterocycles. The molecule has 0 saturated heterocycles. The van der Waals surface area contributed by atoms with Crippen LogP contribution in [0.1, 0.15) is 16.5 Å². The Bertz CT molecular complexity index is 423. The molecule has 0 aromatic carbocycles. The standard InChI is InChI=1S/C7H9N5OS/c1-4-3-14-6(9-4)2-5-10-7(11-8)13-12-5/h3H,2,8H2,1H3,(H,10,11,12). The van der Waals surface area contributed by atoms with E-state index >= 15 is 0 Å². The molecule has 7 heteroatoms. The number of nitrogens with one attached hydrogen (secondary N) is 1. The Morgan fingerprint density at radius 1 is 1.57 bits per heavy atom. The van der Waals surface area contributed by atoms with Crippen molar-refractivity contribution < 1.29 is 4.52 Å². The number of aromatic nitrogens is 3. The molecule has 0 spiro atoms. The molecule has 2 rings (SSSR count). The lowest BCUT2D eigenvalue weighted by Gasteiger charge is -1.87. The fraction of sp³-hybridized carbons (Fsp3) is 0.286. The minimum Gasteiger partial charge on any atom is -0.314 e. The largest absolute Gasteiger partial charge is 0.335 e. The second-order valence-electron chi connectivity index (χ2n) is 2.72. The number of hydrogen-bond acceptors (Lipinski definition) is 7. The number of hydrogen-bond donors (Lipinski definition) is 2. The molecular formula is C7H9N5OS. The lowest BCUT2D eigenvalue weighted by atomic mass is 10.4. The van der Waals surface area contributed by atoms with E-state index in [0.29, 0.717) is 12.2 Å². The van der Waals surface area contributed by atoms with Crippen LogP contribution in [0.2, 0.25) is 0 Å². The highest BCUT2D eigenvalue weighted by Gasteiger charge is 2.07. The average molecular weight is 211 g/mol. The molecule has 74 valence electrons. The molecular weight excluding hydrogens is 202 g/mol. The summed E-state index contributed by atoms with van der Waals surface area (Å²) in [5.74, 6) is 5.68. The highest BCUT2D eigenvalue weighted by molar-refractivity contribution is 7.09. The van der Waals surface area contributed by atoms with E-state index < -0.39 is 0 Å². The van der Waals surface area contributed by atoms with E-state index in [4.69, 9.17) is 10.4 Å². The fourth-order valence-electron chi connectivity index (χ4n) is 1.00. The first-order chi connectivity index (χ1) is 6.78. The molecule has 0 saturated carbocycles. The van der Waals surface area contributed by atoms with Crippen molar-refractivity contribution in [1.29, 1.82) is 0 Å². The summed E-state index contributed by atoms with van der Waals surface area (Å²) in [6, 6.07) is 0.216. The van der Waals surface area contributed by atoms with Crippen LogP contribution in [0.5, 0.6) is 0 Å². The molecule has 0 atom stereocenters. The van der Waals surface area contributed by atoms with E-state index in [1.54, 1.807) is 11.3 Å². The van der Waals surface area contributed by atoms with Crippen molar-refractivity contribution in [2.75, 3.05) is 5.43 Å². The van der Waals surface area contributed by atoms with Gasteiger partial charge in [-0.1, -0.05) is 5.16 Å².